The van der Waals surface area contributed by atoms with E-state index in [4.69, 9.17) is 9.94 Å². The predicted octanol–water partition coefficient (Wildman–Crippen LogP) is 2.49. The molecule has 0 atom stereocenters. The number of benzene rings is 1. The fourth-order valence-electron chi connectivity index (χ4n) is 1.91. The van der Waals surface area contributed by atoms with E-state index in [1.165, 1.54) is 11.3 Å². The molecule has 0 aliphatic heterocycles. The van der Waals surface area contributed by atoms with Crippen LogP contribution in [0.15, 0.2) is 36.5 Å². The zero-order chi connectivity index (χ0) is 14.8. The highest BCUT2D eigenvalue weighted by molar-refractivity contribution is 7.21. The molecule has 3 aromatic rings. The zero-order valence-electron chi connectivity index (χ0n) is 11.0. The quantitative estimate of drug-likeness (QED) is 0.573. The van der Waals surface area contributed by atoms with Crippen LogP contribution in [0, 0.1) is 0 Å². The molecule has 0 radical (unpaired) electrons. The highest BCUT2D eigenvalue weighted by Crippen LogP contribution is 2.31. The number of nitrogens with zero attached hydrogens (tertiary/aromatic N) is 2. The molecule has 106 valence electrons. The van der Waals surface area contributed by atoms with Gasteiger partial charge in [0.05, 0.1) is 17.3 Å². The molecular formula is C14H11N3O3S. The van der Waals surface area contributed by atoms with Gasteiger partial charge < -0.3 is 4.74 Å². The summed E-state index contributed by atoms with van der Waals surface area (Å²) < 4.78 is 5.96. The standard InChI is InChI=1S/C14H11N3O3S/c1-20-12-7-9(4-5-15-12)14-16-10-3-2-8(13(18)17-19)6-11(10)21-14/h2-7,19H,1H3,(H,17,18). The van der Waals surface area contributed by atoms with Gasteiger partial charge in [-0.15, -0.1) is 11.3 Å². The Hall–Kier alpha value is -2.51. The smallest absolute Gasteiger partial charge is 0.274 e. The monoisotopic (exact) mass is 301 g/mol. The third-order valence-electron chi connectivity index (χ3n) is 2.94. The fourth-order valence-corrected chi connectivity index (χ4v) is 2.91. The summed E-state index contributed by atoms with van der Waals surface area (Å²) >= 11 is 1.46. The number of thiazole rings is 1. The largest absolute Gasteiger partial charge is 0.481 e. The Morgan fingerprint density at radius 1 is 1.33 bits per heavy atom. The normalized spacial score (nSPS) is 10.6. The van der Waals surface area contributed by atoms with E-state index >= 15 is 0 Å². The lowest BCUT2D eigenvalue weighted by molar-refractivity contribution is 0.0706. The van der Waals surface area contributed by atoms with Crippen molar-refractivity contribution < 1.29 is 14.7 Å². The fraction of sp³-hybridized carbons (Fsp3) is 0.0714. The van der Waals surface area contributed by atoms with Gasteiger partial charge in [0.15, 0.2) is 0 Å². The summed E-state index contributed by atoms with van der Waals surface area (Å²) in [7, 11) is 1.56. The molecule has 0 aliphatic carbocycles. The van der Waals surface area contributed by atoms with Crippen molar-refractivity contribution in [3.05, 3.63) is 42.1 Å². The summed E-state index contributed by atoms with van der Waals surface area (Å²) in [6.07, 6.45) is 1.66. The maximum absolute atomic E-state index is 11.4. The average molecular weight is 301 g/mol. The molecule has 1 amide bonds. The third kappa shape index (κ3) is 2.56. The van der Waals surface area contributed by atoms with Crippen LogP contribution in [0.5, 0.6) is 5.88 Å². The van der Waals surface area contributed by atoms with Crippen LogP contribution in [0.25, 0.3) is 20.8 Å². The number of methoxy groups -OCH3 is 1. The molecule has 1 aromatic carbocycles. The highest BCUT2D eigenvalue weighted by atomic mass is 32.1. The number of carbonyl (C=O) groups excluding carboxylic acids is 1. The Morgan fingerprint density at radius 2 is 2.19 bits per heavy atom. The van der Waals surface area contributed by atoms with E-state index in [2.05, 4.69) is 9.97 Å². The number of amides is 1. The van der Waals surface area contributed by atoms with Gasteiger partial charge in [-0.05, 0) is 24.3 Å². The predicted molar refractivity (Wildman–Crippen MR) is 78.7 cm³/mol. The van der Waals surface area contributed by atoms with E-state index in [0.29, 0.717) is 11.4 Å². The minimum atomic E-state index is -0.544. The van der Waals surface area contributed by atoms with Gasteiger partial charge in [-0.3, -0.25) is 10.0 Å². The van der Waals surface area contributed by atoms with Crippen LogP contribution in [0.3, 0.4) is 0 Å². The number of hydrogen-bond donors (Lipinski definition) is 2. The summed E-state index contributed by atoms with van der Waals surface area (Å²) in [6.45, 7) is 0. The Labute approximate surface area is 124 Å². The highest BCUT2D eigenvalue weighted by Gasteiger charge is 2.10. The van der Waals surface area contributed by atoms with Gasteiger partial charge in [-0.1, -0.05) is 0 Å². The number of aromatic nitrogens is 2. The number of rotatable bonds is 3. The first kappa shape index (κ1) is 13.5. The van der Waals surface area contributed by atoms with Crippen LogP contribution in [0.2, 0.25) is 0 Å². The van der Waals surface area contributed by atoms with Crippen molar-refractivity contribution in [3.8, 4) is 16.5 Å². The number of ether oxygens (including phenoxy) is 1. The first-order valence-electron chi connectivity index (χ1n) is 6.06. The molecule has 0 unspecified atom stereocenters. The van der Waals surface area contributed by atoms with Gasteiger partial charge in [0.1, 0.15) is 5.01 Å². The molecule has 2 N–H and O–H groups in total. The lowest BCUT2D eigenvalue weighted by Gasteiger charge is -1.99. The summed E-state index contributed by atoms with van der Waals surface area (Å²) in [6, 6.07) is 8.71. The average Bonchev–Trinajstić information content (AvgIpc) is 2.97. The molecule has 21 heavy (non-hydrogen) atoms. The van der Waals surface area contributed by atoms with Gasteiger partial charge in [0.25, 0.3) is 5.91 Å². The van der Waals surface area contributed by atoms with Gasteiger partial charge in [-0.2, -0.15) is 0 Å². The van der Waals surface area contributed by atoms with Crippen LogP contribution in [0.4, 0.5) is 0 Å². The number of pyridine rings is 1. The maximum Gasteiger partial charge on any atom is 0.274 e. The second-order valence-electron chi connectivity index (χ2n) is 4.23. The van der Waals surface area contributed by atoms with E-state index < -0.39 is 5.91 Å². The first-order chi connectivity index (χ1) is 10.2. The van der Waals surface area contributed by atoms with Crippen molar-refractivity contribution in [1.29, 1.82) is 0 Å². The topological polar surface area (TPSA) is 84.3 Å². The molecule has 2 aromatic heterocycles. The molecule has 0 fully saturated rings. The number of hydroxylamine groups is 1. The Balaban J connectivity index is 2.06. The number of nitrogens with one attached hydrogen (secondary N) is 1. The first-order valence-corrected chi connectivity index (χ1v) is 6.88. The minimum Gasteiger partial charge on any atom is -0.481 e. The van der Waals surface area contributed by atoms with Gasteiger partial charge in [0, 0.05) is 23.4 Å². The van der Waals surface area contributed by atoms with Crippen molar-refractivity contribution in [2.45, 2.75) is 0 Å². The third-order valence-corrected chi connectivity index (χ3v) is 4.01. The summed E-state index contributed by atoms with van der Waals surface area (Å²) in [4.78, 5) is 20.0. The summed E-state index contributed by atoms with van der Waals surface area (Å²) in [5.74, 6) is -0.0236. The SMILES string of the molecule is COc1cc(-c2nc3ccc(C(=O)NO)cc3s2)ccn1. The second-order valence-corrected chi connectivity index (χ2v) is 5.26. The van der Waals surface area contributed by atoms with E-state index in [0.717, 1.165) is 20.8 Å². The van der Waals surface area contributed by atoms with Crippen LogP contribution in [-0.2, 0) is 0 Å². The van der Waals surface area contributed by atoms with Crippen molar-refractivity contribution in [2.75, 3.05) is 7.11 Å². The lowest BCUT2D eigenvalue weighted by atomic mass is 10.2. The van der Waals surface area contributed by atoms with Crippen LogP contribution in [-0.4, -0.2) is 28.2 Å². The van der Waals surface area contributed by atoms with Crippen LogP contribution < -0.4 is 10.2 Å². The van der Waals surface area contributed by atoms with E-state index in [9.17, 15) is 4.79 Å². The van der Waals surface area contributed by atoms with Crippen LogP contribution >= 0.6 is 11.3 Å². The Kier molecular flexibility index (Phi) is 3.51. The van der Waals surface area contributed by atoms with Crippen molar-refractivity contribution >= 4 is 27.5 Å². The van der Waals surface area contributed by atoms with E-state index in [1.807, 2.05) is 6.07 Å². The van der Waals surface area contributed by atoms with Crippen molar-refractivity contribution in [3.63, 3.8) is 0 Å². The molecular weight excluding hydrogens is 290 g/mol. The van der Waals surface area contributed by atoms with Crippen molar-refractivity contribution in [2.24, 2.45) is 0 Å². The van der Waals surface area contributed by atoms with Gasteiger partial charge in [-0.25, -0.2) is 15.4 Å². The number of fused-ring (bicyclic) bond motifs is 1. The number of carbonyl (C=O) groups is 1. The van der Waals surface area contributed by atoms with Crippen LogP contribution in [0.1, 0.15) is 10.4 Å². The summed E-state index contributed by atoms with van der Waals surface area (Å²) in [5, 5.41) is 9.48. The van der Waals surface area contributed by atoms with Gasteiger partial charge >= 0.3 is 0 Å². The molecule has 3 rings (SSSR count). The molecule has 0 spiro atoms. The molecule has 0 saturated carbocycles. The molecule has 7 heteroatoms. The summed E-state index contributed by atoms with van der Waals surface area (Å²) in [5.41, 5.74) is 3.69. The molecule has 6 nitrogen and oxygen atoms in total. The Morgan fingerprint density at radius 3 is 2.95 bits per heavy atom. The molecule has 0 saturated heterocycles. The maximum atomic E-state index is 11.4. The lowest BCUT2D eigenvalue weighted by Crippen LogP contribution is -2.18. The van der Waals surface area contributed by atoms with E-state index in [1.54, 1.807) is 43.1 Å². The van der Waals surface area contributed by atoms with Gasteiger partial charge in [0.2, 0.25) is 5.88 Å². The molecule has 2 heterocycles. The number of hydrogen-bond acceptors (Lipinski definition) is 6. The molecule has 0 aliphatic rings. The Bertz CT molecular complexity index is 816. The van der Waals surface area contributed by atoms with Crippen molar-refractivity contribution in [1.82, 2.24) is 15.4 Å². The second kappa shape index (κ2) is 5.47. The van der Waals surface area contributed by atoms with E-state index in [-0.39, 0.29) is 0 Å². The molecule has 0 bridgehead atoms. The minimum absolute atomic E-state index is 0.382. The zero-order valence-corrected chi connectivity index (χ0v) is 11.8.